The van der Waals surface area contributed by atoms with E-state index in [9.17, 15) is 8.42 Å². The number of anilines is 1. The number of benzene rings is 2. The van der Waals surface area contributed by atoms with Crippen molar-refractivity contribution in [3.05, 3.63) is 88.8 Å². The number of aromatic nitrogens is 4. The Morgan fingerprint density at radius 1 is 0.921 bits per heavy atom. The number of nitrogens with one attached hydrogen (secondary N) is 1. The molecule has 38 heavy (non-hydrogen) atoms. The molecule has 0 aliphatic rings. The summed E-state index contributed by atoms with van der Waals surface area (Å²) in [4.78, 5) is 16.2. The molecule has 0 bridgehead atoms. The van der Waals surface area contributed by atoms with Gasteiger partial charge in [0.25, 0.3) is 15.9 Å². The van der Waals surface area contributed by atoms with E-state index >= 15 is 0 Å². The van der Waals surface area contributed by atoms with Gasteiger partial charge in [0.05, 0.1) is 17.0 Å². The fourth-order valence-electron chi connectivity index (χ4n) is 2.95. The highest BCUT2D eigenvalue weighted by Gasteiger charge is 2.20. The summed E-state index contributed by atoms with van der Waals surface area (Å²) in [6, 6.07) is 15.9. The van der Waals surface area contributed by atoms with Crippen molar-refractivity contribution in [2.45, 2.75) is 0 Å². The van der Waals surface area contributed by atoms with Crippen LogP contribution in [0.4, 0.5) is 5.82 Å². The Hall–Kier alpha value is -4.23. The van der Waals surface area contributed by atoms with Gasteiger partial charge in [-0.05, 0) is 39.7 Å². The average molecular weight is 600 g/mol. The van der Waals surface area contributed by atoms with Gasteiger partial charge in [0, 0.05) is 18.5 Å². The average Bonchev–Trinajstić information content (AvgIpc) is 2.93. The first-order valence-corrected chi connectivity index (χ1v) is 13.4. The fraction of sp³-hybridized carbons (Fsp3) is 0.120. The number of hydrogen-bond donors (Lipinski definition) is 1. The molecular weight excluding hydrogens is 578 g/mol. The van der Waals surface area contributed by atoms with Crippen molar-refractivity contribution in [1.82, 2.24) is 19.9 Å². The van der Waals surface area contributed by atoms with Gasteiger partial charge in [0.2, 0.25) is 5.75 Å². The molecule has 0 spiro atoms. The van der Waals surface area contributed by atoms with Gasteiger partial charge in [-0.1, -0.05) is 36.4 Å². The first kappa shape index (κ1) is 26.8. The molecule has 2 aromatic heterocycles. The van der Waals surface area contributed by atoms with Crippen LogP contribution in [0.5, 0.6) is 29.1 Å². The van der Waals surface area contributed by atoms with E-state index in [0.29, 0.717) is 17.1 Å². The highest BCUT2D eigenvalue weighted by atomic mass is 79.9. The lowest BCUT2D eigenvalue weighted by atomic mass is 10.2. The van der Waals surface area contributed by atoms with Gasteiger partial charge in [-0.25, -0.2) is 23.4 Å². The second-order valence-electron chi connectivity index (χ2n) is 7.38. The van der Waals surface area contributed by atoms with Crippen LogP contribution in [0.25, 0.3) is 6.08 Å². The van der Waals surface area contributed by atoms with Gasteiger partial charge in [0.1, 0.15) is 31.0 Å². The monoisotopic (exact) mass is 599 g/mol. The lowest BCUT2D eigenvalue weighted by Gasteiger charge is -2.15. The molecule has 196 valence electrons. The second-order valence-corrected chi connectivity index (χ2v) is 9.86. The van der Waals surface area contributed by atoms with Crippen molar-refractivity contribution >= 4 is 37.8 Å². The van der Waals surface area contributed by atoms with E-state index in [1.54, 1.807) is 60.9 Å². The zero-order valence-electron chi connectivity index (χ0n) is 20.0. The smallest absolute Gasteiger partial charge is 0.316 e. The summed E-state index contributed by atoms with van der Waals surface area (Å²) >= 11 is 3.26. The molecule has 0 unspecified atom stereocenters. The minimum atomic E-state index is -3.97. The molecular formula is C25H22BrN5O6S. The summed E-state index contributed by atoms with van der Waals surface area (Å²) in [5.74, 6) is 0.722. The highest BCUT2D eigenvalue weighted by molar-refractivity contribution is 9.10. The Balaban J connectivity index is 1.55. The third-order valence-electron chi connectivity index (χ3n) is 4.66. The largest absolute Gasteiger partial charge is 0.497 e. The summed E-state index contributed by atoms with van der Waals surface area (Å²) in [6.07, 6.45) is 5.73. The number of ether oxygens (including phenoxy) is 4. The maximum absolute atomic E-state index is 12.8. The predicted molar refractivity (Wildman–Crippen MR) is 144 cm³/mol. The Labute approximate surface area is 227 Å². The predicted octanol–water partition coefficient (Wildman–Crippen LogP) is 4.70. The van der Waals surface area contributed by atoms with Gasteiger partial charge in [-0.3, -0.25) is 4.72 Å². The minimum Gasteiger partial charge on any atom is -0.497 e. The number of hydrogen-bond acceptors (Lipinski definition) is 10. The topological polar surface area (TPSA) is 135 Å². The van der Waals surface area contributed by atoms with Crippen molar-refractivity contribution in [3.8, 4) is 29.1 Å². The minimum absolute atomic E-state index is 0.00659. The molecule has 2 heterocycles. The zero-order valence-corrected chi connectivity index (χ0v) is 22.4. The van der Waals surface area contributed by atoms with Crippen molar-refractivity contribution < 1.29 is 27.4 Å². The molecule has 2 aromatic carbocycles. The molecule has 1 N–H and O–H groups in total. The van der Waals surface area contributed by atoms with Crippen molar-refractivity contribution in [1.29, 1.82) is 0 Å². The van der Waals surface area contributed by atoms with Gasteiger partial charge in [0.15, 0.2) is 5.82 Å². The van der Waals surface area contributed by atoms with E-state index in [-0.39, 0.29) is 36.7 Å². The number of halogens is 1. The molecule has 13 heteroatoms. The summed E-state index contributed by atoms with van der Waals surface area (Å²) in [6.45, 7) is 0.121. The third-order valence-corrected chi connectivity index (χ3v) is 6.04. The van der Waals surface area contributed by atoms with E-state index < -0.39 is 10.0 Å². The van der Waals surface area contributed by atoms with Crippen LogP contribution in [0.3, 0.4) is 0 Å². The molecule has 0 saturated carbocycles. The van der Waals surface area contributed by atoms with Crippen LogP contribution in [0.15, 0.2) is 83.2 Å². The summed E-state index contributed by atoms with van der Waals surface area (Å²) in [7, 11) is -2.45. The molecule has 4 aromatic rings. The van der Waals surface area contributed by atoms with Crippen LogP contribution in [0.1, 0.15) is 5.56 Å². The SMILES string of the molecule is COc1cccc(Oc2c(NS(=O)(=O)C=Cc3ccccc3)ncnc2OCCOc2ncc(Br)cn2)c1. The van der Waals surface area contributed by atoms with E-state index in [1.807, 2.05) is 6.07 Å². The first-order chi connectivity index (χ1) is 18.4. The lowest BCUT2D eigenvalue weighted by molar-refractivity contribution is 0.197. The number of rotatable bonds is 12. The first-order valence-electron chi connectivity index (χ1n) is 11.1. The number of sulfonamides is 1. The molecule has 0 atom stereocenters. The third kappa shape index (κ3) is 7.88. The Kier molecular flexibility index (Phi) is 9.06. The van der Waals surface area contributed by atoms with E-state index in [0.717, 1.165) is 16.2 Å². The molecule has 0 fully saturated rings. The van der Waals surface area contributed by atoms with Crippen LogP contribution in [-0.2, 0) is 10.0 Å². The standard InChI is InChI=1S/C25H22BrN5O6S/c1-34-20-8-5-9-21(14-20)37-22-23(31-38(32,33)13-10-18-6-3-2-4-7-18)29-17-30-24(22)35-11-12-36-25-27-15-19(26)16-28-25/h2-10,13-17H,11-12H2,1H3,(H,29,30,31). The molecule has 0 saturated heterocycles. The maximum Gasteiger partial charge on any atom is 0.316 e. The van der Waals surface area contributed by atoms with E-state index in [4.69, 9.17) is 18.9 Å². The normalized spacial score (nSPS) is 11.2. The van der Waals surface area contributed by atoms with Crippen LogP contribution >= 0.6 is 15.9 Å². The molecule has 0 radical (unpaired) electrons. The maximum atomic E-state index is 12.8. The van der Waals surface area contributed by atoms with Crippen LogP contribution in [-0.4, -0.2) is 48.7 Å². The van der Waals surface area contributed by atoms with Crippen LogP contribution in [0, 0.1) is 0 Å². The van der Waals surface area contributed by atoms with Crippen molar-refractivity contribution in [2.75, 3.05) is 25.0 Å². The number of methoxy groups -OCH3 is 1. The van der Waals surface area contributed by atoms with Gasteiger partial charge < -0.3 is 18.9 Å². The molecule has 11 nitrogen and oxygen atoms in total. The summed E-state index contributed by atoms with van der Waals surface area (Å²) < 4.78 is 51.2. The van der Waals surface area contributed by atoms with Gasteiger partial charge >= 0.3 is 6.01 Å². The van der Waals surface area contributed by atoms with E-state index in [1.165, 1.54) is 13.2 Å². The lowest BCUT2D eigenvalue weighted by Crippen LogP contribution is -2.14. The second kappa shape index (κ2) is 12.8. The Morgan fingerprint density at radius 3 is 2.42 bits per heavy atom. The molecule has 0 aliphatic carbocycles. The quantitative estimate of drug-likeness (QED) is 0.228. The van der Waals surface area contributed by atoms with Crippen LogP contribution in [0.2, 0.25) is 0 Å². The van der Waals surface area contributed by atoms with Crippen molar-refractivity contribution in [2.24, 2.45) is 0 Å². The zero-order chi connectivity index (χ0) is 26.8. The highest BCUT2D eigenvalue weighted by Crippen LogP contribution is 2.37. The Morgan fingerprint density at radius 2 is 1.66 bits per heavy atom. The summed E-state index contributed by atoms with van der Waals surface area (Å²) in [5, 5.41) is 1.03. The molecule has 0 amide bonds. The molecule has 0 aliphatic heterocycles. The molecule has 4 rings (SSSR count). The fourth-order valence-corrected chi connectivity index (χ4v) is 3.98. The number of nitrogens with zero attached hydrogens (tertiary/aromatic N) is 4. The summed E-state index contributed by atoms with van der Waals surface area (Å²) in [5.41, 5.74) is 0.715. The van der Waals surface area contributed by atoms with Gasteiger partial charge in [-0.15, -0.1) is 0 Å². The Bertz CT molecular complexity index is 1490. The van der Waals surface area contributed by atoms with Crippen molar-refractivity contribution in [3.63, 3.8) is 0 Å². The van der Waals surface area contributed by atoms with Gasteiger partial charge in [-0.2, -0.15) is 4.98 Å². The van der Waals surface area contributed by atoms with E-state index in [2.05, 4.69) is 40.6 Å². The van der Waals surface area contributed by atoms with Crippen LogP contribution < -0.4 is 23.7 Å².